The average Bonchev–Trinajstić information content (AvgIpc) is 2.69. The third-order valence-corrected chi connectivity index (χ3v) is 3.94. The summed E-state index contributed by atoms with van der Waals surface area (Å²) in [6.07, 6.45) is 2.63. The quantitative estimate of drug-likeness (QED) is 0.855. The Balaban J connectivity index is 1.60. The Morgan fingerprint density at radius 1 is 1.33 bits per heavy atom. The lowest BCUT2D eigenvalue weighted by Gasteiger charge is -2.39. The maximum absolute atomic E-state index is 6.04. The van der Waals surface area contributed by atoms with Crippen molar-refractivity contribution < 1.29 is 4.74 Å². The summed E-state index contributed by atoms with van der Waals surface area (Å²) < 4.78 is 6.04. The molecule has 18 heavy (non-hydrogen) atoms. The van der Waals surface area contributed by atoms with Gasteiger partial charge in [-0.2, -0.15) is 0 Å². The minimum absolute atomic E-state index is 0.342. The molecule has 1 aromatic carbocycles. The van der Waals surface area contributed by atoms with Gasteiger partial charge in [0.1, 0.15) is 11.9 Å². The number of benzene rings is 1. The van der Waals surface area contributed by atoms with E-state index in [-0.39, 0.29) is 0 Å². The molecule has 1 saturated heterocycles. The molecule has 0 amide bonds. The molecular weight excluding hydrogens is 224 g/mol. The van der Waals surface area contributed by atoms with E-state index in [2.05, 4.69) is 41.4 Å². The van der Waals surface area contributed by atoms with E-state index in [0.717, 1.165) is 37.8 Å². The van der Waals surface area contributed by atoms with Gasteiger partial charge in [0.25, 0.3) is 0 Å². The van der Waals surface area contributed by atoms with Gasteiger partial charge in [-0.3, -0.25) is 4.90 Å². The monoisotopic (exact) mass is 246 g/mol. The van der Waals surface area contributed by atoms with Crippen molar-refractivity contribution in [2.24, 2.45) is 0 Å². The van der Waals surface area contributed by atoms with Crippen LogP contribution in [-0.2, 0) is 6.42 Å². The fraction of sp³-hybridized carbons (Fsp3) is 0.600. The first-order valence-electron chi connectivity index (χ1n) is 7.06. The van der Waals surface area contributed by atoms with Crippen molar-refractivity contribution >= 4 is 0 Å². The van der Waals surface area contributed by atoms with Crippen molar-refractivity contribution in [1.29, 1.82) is 0 Å². The molecule has 3 rings (SSSR count). The molecular formula is C15H22N2O. The van der Waals surface area contributed by atoms with Crippen LogP contribution < -0.4 is 10.1 Å². The second-order valence-corrected chi connectivity index (χ2v) is 5.36. The molecule has 3 heteroatoms. The lowest BCUT2D eigenvalue weighted by Crippen LogP contribution is -2.59. The number of para-hydroxylation sites is 1. The van der Waals surface area contributed by atoms with E-state index in [1.54, 1.807) is 0 Å². The molecule has 1 atom stereocenters. The fourth-order valence-corrected chi connectivity index (χ4v) is 2.86. The molecule has 98 valence electrons. The molecule has 2 heterocycles. The summed E-state index contributed by atoms with van der Waals surface area (Å²) in [6, 6.07) is 9.15. The van der Waals surface area contributed by atoms with Crippen LogP contribution in [-0.4, -0.2) is 43.2 Å². The number of rotatable bonds is 5. The van der Waals surface area contributed by atoms with E-state index in [4.69, 9.17) is 4.74 Å². The molecule has 0 radical (unpaired) electrons. The van der Waals surface area contributed by atoms with Gasteiger partial charge in [-0.15, -0.1) is 0 Å². The Hall–Kier alpha value is -1.06. The normalized spacial score (nSPS) is 22.7. The number of fused-ring (bicyclic) bond motifs is 1. The third kappa shape index (κ3) is 2.38. The predicted molar refractivity (Wildman–Crippen MR) is 73.1 cm³/mol. The van der Waals surface area contributed by atoms with Crippen LogP contribution in [0.25, 0.3) is 0 Å². The van der Waals surface area contributed by atoms with Crippen LogP contribution in [0.2, 0.25) is 0 Å². The van der Waals surface area contributed by atoms with Gasteiger partial charge in [-0.05, 0) is 24.6 Å². The summed E-state index contributed by atoms with van der Waals surface area (Å²) in [6.45, 7) is 6.78. The van der Waals surface area contributed by atoms with Crippen LogP contribution in [0.3, 0.4) is 0 Å². The van der Waals surface area contributed by atoms with Gasteiger partial charge in [-0.25, -0.2) is 0 Å². The predicted octanol–water partition coefficient (Wildman–Crippen LogP) is 1.67. The van der Waals surface area contributed by atoms with Gasteiger partial charge >= 0.3 is 0 Å². The Kier molecular flexibility index (Phi) is 3.52. The highest BCUT2D eigenvalue weighted by Gasteiger charge is 2.29. The Labute approximate surface area is 109 Å². The zero-order valence-corrected chi connectivity index (χ0v) is 11.1. The largest absolute Gasteiger partial charge is 0.488 e. The summed E-state index contributed by atoms with van der Waals surface area (Å²) in [4.78, 5) is 2.59. The molecule has 1 unspecified atom stereocenters. The highest BCUT2D eigenvalue weighted by Crippen LogP contribution is 2.28. The number of ether oxygens (including phenoxy) is 1. The summed E-state index contributed by atoms with van der Waals surface area (Å²) in [5, 5.41) is 3.36. The fourth-order valence-electron chi connectivity index (χ4n) is 2.86. The molecule has 3 nitrogen and oxygen atoms in total. The Morgan fingerprint density at radius 3 is 2.83 bits per heavy atom. The number of nitrogens with zero attached hydrogens (tertiary/aromatic N) is 1. The number of hydrogen-bond acceptors (Lipinski definition) is 3. The molecule has 0 bridgehead atoms. The first kappa shape index (κ1) is 12.0. The minimum Gasteiger partial charge on any atom is -0.488 e. The van der Waals surface area contributed by atoms with Gasteiger partial charge in [0.05, 0.1) is 0 Å². The van der Waals surface area contributed by atoms with E-state index in [9.17, 15) is 0 Å². The standard InChI is InChI=1S/C15H22N2O/c1-2-7-17(13-9-16-10-13)11-14-8-12-5-3-4-6-15(12)18-14/h3-6,13-14,16H,2,7-11H2,1H3. The van der Waals surface area contributed by atoms with E-state index >= 15 is 0 Å². The van der Waals surface area contributed by atoms with Gasteiger partial charge in [0.2, 0.25) is 0 Å². The van der Waals surface area contributed by atoms with Crippen LogP contribution in [0.1, 0.15) is 18.9 Å². The van der Waals surface area contributed by atoms with Gasteiger partial charge in [0.15, 0.2) is 0 Å². The van der Waals surface area contributed by atoms with E-state index in [0.29, 0.717) is 6.10 Å². The lowest BCUT2D eigenvalue weighted by molar-refractivity contribution is 0.0903. The van der Waals surface area contributed by atoms with Crippen molar-refractivity contribution in [3.63, 3.8) is 0 Å². The van der Waals surface area contributed by atoms with E-state index in [1.807, 2.05) is 0 Å². The zero-order valence-electron chi connectivity index (χ0n) is 11.1. The third-order valence-electron chi connectivity index (χ3n) is 3.94. The maximum atomic E-state index is 6.04. The van der Waals surface area contributed by atoms with Gasteiger partial charge in [0, 0.05) is 32.1 Å². The molecule has 0 aliphatic carbocycles. The molecule has 2 aliphatic rings. The minimum atomic E-state index is 0.342. The molecule has 1 N–H and O–H groups in total. The first-order chi connectivity index (χ1) is 8.86. The maximum Gasteiger partial charge on any atom is 0.123 e. The van der Waals surface area contributed by atoms with Crippen molar-refractivity contribution in [2.75, 3.05) is 26.2 Å². The number of nitrogens with one attached hydrogen (secondary N) is 1. The average molecular weight is 246 g/mol. The van der Waals surface area contributed by atoms with E-state index in [1.165, 1.54) is 18.5 Å². The Bertz CT molecular complexity index is 378. The van der Waals surface area contributed by atoms with Crippen molar-refractivity contribution in [2.45, 2.75) is 31.9 Å². The highest BCUT2D eigenvalue weighted by molar-refractivity contribution is 5.37. The summed E-state index contributed by atoms with van der Waals surface area (Å²) in [7, 11) is 0. The molecule has 0 aromatic heterocycles. The van der Waals surface area contributed by atoms with Crippen molar-refractivity contribution in [3.8, 4) is 5.75 Å². The number of hydrogen-bond donors (Lipinski definition) is 1. The van der Waals surface area contributed by atoms with Crippen LogP contribution >= 0.6 is 0 Å². The van der Waals surface area contributed by atoms with Crippen molar-refractivity contribution in [3.05, 3.63) is 29.8 Å². The zero-order chi connectivity index (χ0) is 12.4. The molecule has 2 aliphatic heterocycles. The van der Waals surface area contributed by atoms with E-state index < -0.39 is 0 Å². The molecule has 1 aromatic rings. The lowest BCUT2D eigenvalue weighted by atomic mass is 10.1. The van der Waals surface area contributed by atoms with Crippen LogP contribution in [0.4, 0.5) is 0 Å². The van der Waals surface area contributed by atoms with Gasteiger partial charge in [-0.1, -0.05) is 25.1 Å². The van der Waals surface area contributed by atoms with Crippen LogP contribution in [0.15, 0.2) is 24.3 Å². The summed E-state index contributed by atoms with van der Waals surface area (Å²) >= 11 is 0. The first-order valence-corrected chi connectivity index (χ1v) is 7.06. The second kappa shape index (κ2) is 5.29. The summed E-state index contributed by atoms with van der Waals surface area (Å²) in [5.41, 5.74) is 1.37. The topological polar surface area (TPSA) is 24.5 Å². The van der Waals surface area contributed by atoms with Gasteiger partial charge < -0.3 is 10.1 Å². The SMILES string of the molecule is CCCN(CC1Cc2ccccc2O1)C1CNC1. The molecule has 0 spiro atoms. The summed E-state index contributed by atoms with van der Waals surface area (Å²) in [5.74, 6) is 1.09. The van der Waals surface area contributed by atoms with Crippen molar-refractivity contribution in [1.82, 2.24) is 10.2 Å². The Morgan fingerprint density at radius 2 is 2.17 bits per heavy atom. The second-order valence-electron chi connectivity index (χ2n) is 5.36. The van der Waals surface area contributed by atoms with Crippen LogP contribution in [0, 0.1) is 0 Å². The smallest absolute Gasteiger partial charge is 0.123 e. The highest BCUT2D eigenvalue weighted by atomic mass is 16.5. The molecule has 1 fully saturated rings. The van der Waals surface area contributed by atoms with Crippen LogP contribution in [0.5, 0.6) is 5.75 Å². The molecule has 0 saturated carbocycles.